The minimum Gasteiger partial charge on any atom is -0.463 e. The van der Waals surface area contributed by atoms with E-state index < -0.39 is 26.5 Å². The molecule has 0 aliphatic heterocycles. The monoisotopic (exact) mass is 828 g/mol. The van der Waals surface area contributed by atoms with Crippen molar-refractivity contribution in [1.82, 2.24) is 5.32 Å². The highest BCUT2D eigenvalue weighted by Gasteiger charge is 2.23. The number of ether oxygens (including phenoxy) is 1. The van der Waals surface area contributed by atoms with Crippen molar-refractivity contribution in [3.63, 3.8) is 0 Å². The third kappa shape index (κ3) is 45.4. The van der Waals surface area contributed by atoms with Crippen molar-refractivity contribution in [3.05, 3.63) is 24.3 Å². The SMILES string of the molecule is CCCCCC/C=C\C/C=C\CCCCCCCCCC(=O)OCC(O)COP(=O)(O)OCCNC(=O)CCCCCCCCCCCCCCCCCCCC. The highest BCUT2D eigenvalue weighted by atomic mass is 31.2. The van der Waals surface area contributed by atoms with Crippen LogP contribution in [0.3, 0.4) is 0 Å². The molecule has 10 heteroatoms. The van der Waals surface area contributed by atoms with Gasteiger partial charge in [0.05, 0.1) is 13.2 Å². The van der Waals surface area contributed by atoms with E-state index in [-0.39, 0.29) is 32.1 Å². The first-order valence-corrected chi connectivity index (χ1v) is 25.3. The summed E-state index contributed by atoms with van der Waals surface area (Å²) < 4.78 is 26.9. The molecule has 0 aromatic heterocycles. The second-order valence-corrected chi connectivity index (χ2v) is 17.5. The maximum atomic E-state index is 12.1. The highest BCUT2D eigenvalue weighted by Crippen LogP contribution is 2.42. The molecule has 0 aromatic carbocycles. The largest absolute Gasteiger partial charge is 0.472 e. The van der Waals surface area contributed by atoms with Crippen LogP contribution in [0.2, 0.25) is 0 Å². The Labute approximate surface area is 350 Å². The number of rotatable bonds is 45. The highest BCUT2D eigenvalue weighted by molar-refractivity contribution is 7.47. The predicted molar refractivity (Wildman–Crippen MR) is 238 cm³/mol. The van der Waals surface area contributed by atoms with Crippen LogP contribution in [0, 0.1) is 0 Å². The standard InChI is InChI=1S/C47H90NO8P/c1-3-5-7-9-11-13-15-17-19-21-23-25-27-29-31-33-35-37-39-46(50)48-41-42-55-57(52,53)56-44-45(49)43-54-47(51)40-38-36-34-32-30-28-26-24-22-20-18-16-14-12-10-8-6-4-2/h14,16,20,22,45,49H,3-13,15,17-19,21,23-44H2,1-2H3,(H,48,50)(H,52,53)/b16-14-,22-20-. The van der Waals surface area contributed by atoms with Crippen LogP contribution in [0.1, 0.15) is 232 Å². The molecule has 0 saturated heterocycles. The van der Waals surface area contributed by atoms with Gasteiger partial charge in [-0.1, -0.05) is 199 Å². The van der Waals surface area contributed by atoms with Gasteiger partial charge < -0.3 is 20.1 Å². The van der Waals surface area contributed by atoms with E-state index >= 15 is 0 Å². The van der Waals surface area contributed by atoms with E-state index in [0.717, 1.165) is 57.8 Å². The van der Waals surface area contributed by atoms with Crippen LogP contribution in [0.5, 0.6) is 0 Å². The molecule has 0 aliphatic rings. The molecule has 0 saturated carbocycles. The van der Waals surface area contributed by atoms with Gasteiger partial charge in [0.15, 0.2) is 0 Å². The fraction of sp³-hybridized carbons (Fsp3) is 0.872. The number of aliphatic hydroxyl groups is 1. The summed E-state index contributed by atoms with van der Waals surface area (Å²) in [5.41, 5.74) is 0. The summed E-state index contributed by atoms with van der Waals surface area (Å²) >= 11 is 0. The second kappa shape index (κ2) is 44.1. The van der Waals surface area contributed by atoms with Crippen molar-refractivity contribution in [1.29, 1.82) is 0 Å². The van der Waals surface area contributed by atoms with Crippen LogP contribution in [0.4, 0.5) is 0 Å². The van der Waals surface area contributed by atoms with Crippen LogP contribution in [0.25, 0.3) is 0 Å². The van der Waals surface area contributed by atoms with Gasteiger partial charge >= 0.3 is 13.8 Å². The van der Waals surface area contributed by atoms with Gasteiger partial charge in [0.25, 0.3) is 0 Å². The van der Waals surface area contributed by atoms with Gasteiger partial charge in [0.1, 0.15) is 12.7 Å². The lowest BCUT2D eigenvalue weighted by atomic mass is 10.0. The number of hydrogen-bond donors (Lipinski definition) is 3. The molecule has 1 amide bonds. The van der Waals surface area contributed by atoms with Crippen molar-refractivity contribution >= 4 is 19.7 Å². The smallest absolute Gasteiger partial charge is 0.463 e. The number of aliphatic hydroxyl groups excluding tert-OH is 1. The molecule has 0 aliphatic carbocycles. The lowest BCUT2D eigenvalue weighted by Gasteiger charge is -2.15. The van der Waals surface area contributed by atoms with E-state index in [9.17, 15) is 24.2 Å². The Morgan fingerprint density at radius 3 is 1.42 bits per heavy atom. The van der Waals surface area contributed by atoms with E-state index in [1.54, 1.807) is 0 Å². The molecule has 57 heavy (non-hydrogen) atoms. The third-order valence-corrected chi connectivity index (χ3v) is 11.4. The summed E-state index contributed by atoms with van der Waals surface area (Å²) in [6, 6.07) is 0. The Morgan fingerprint density at radius 2 is 0.947 bits per heavy atom. The number of nitrogens with one attached hydrogen (secondary N) is 1. The lowest BCUT2D eigenvalue weighted by Crippen LogP contribution is -2.27. The number of phosphoric ester groups is 1. The molecule has 2 unspecified atom stereocenters. The summed E-state index contributed by atoms with van der Waals surface area (Å²) in [5.74, 6) is -0.515. The Morgan fingerprint density at radius 1 is 0.544 bits per heavy atom. The molecular formula is C47H90NO8P. The van der Waals surface area contributed by atoms with E-state index in [1.165, 1.54) is 148 Å². The van der Waals surface area contributed by atoms with Crippen LogP contribution in [0.15, 0.2) is 24.3 Å². The van der Waals surface area contributed by atoms with Gasteiger partial charge in [0.2, 0.25) is 5.91 Å². The summed E-state index contributed by atoms with van der Waals surface area (Å²) in [6.45, 7) is 3.57. The fourth-order valence-electron chi connectivity index (χ4n) is 6.77. The van der Waals surface area contributed by atoms with Crippen molar-refractivity contribution in [3.8, 4) is 0 Å². The Bertz CT molecular complexity index is 990. The quantitative estimate of drug-likeness (QED) is 0.0239. The maximum absolute atomic E-state index is 12.1. The molecule has 0 bridgehead atoms. The number of carbonyl (C=O) groups is 2. The molecule has 336 valence electrons. The molecule has 0 spiro atoms. The zero-order valence-corrected chi connectivity index (χ0v) is 37.9. The van der Waals surface area contributed by atoms with Gasteiger partial charge in [-0.15, -0.1) is 0 Å². The van der Waals surface area contributed by atoms with Crippen molar-refractivity contribution in [2.75, 3.05) is 26.4 Å². The second-order valence-electron chi connectivity index (χ2n) is 16.1. The molecule has 3 N–H and O–H groups in total. The molecule has 0 rings (SSSR count). The summed E-state index contributed by atoms with van der Waals surface area (Å²) in [6.07, 6.45) is 48.2. The zero-order valence-electron chi connectivity index (χ0n) is 37.0. The summed E-state index contributed by atoms with van der Waals surface area (Å²) in [5, 5.41) is 12.7. The number of phosphoric acid groups is 1. The van der Waals surface area contributed by atoms with Gasteiger partial charge in [0, 0.05) is 19.4 Å². The van der Waals surface area contributed by atoms with Gasteiger partial charge in [-0.2, -0.15) is 0 Å². The number of unbranched alkanes of at least 4 members (excludes halogenated alkanes) is 28. The van der Waals surface area contributed by atoms with E-state index in [1.807, 2.05) is 0 Å². The number of amides is 1. The van der Waals surface area contributed by atoms with E-state index in [4.69, 9.17) is 13.8 Å². The van der Waals surface area contributed by atoms with Crippen LogP contribution >= 0.6 is 7.82 Å². The number of allylic oxidation sites excluding steroid dienone is 4. The molecule has 0 fully saturated rings. The molecule has 0 heterocycles. The number of carbonyl (C=O) groups excluding carboxylic acids is 2. The molecular weight excluding hydrogens is 737 g/mol. The van der Waals surface area contributed by atoms with Crippen LogP contribution < -0.4 is 5.32 Å². The fourth-order valence-corrected chi connectivity index (χ4v) is 7.52. The van der Waals surface area contributed by atoms with Gasteiger partial charge in [-0.05, 0) is 44.9 Å². The minimum absolute atomic E-state index is 0.0845. The van der Waals surface area contributed by atoms with E-state index in [0.29, 0.717) is 6.42 Å². The van der Waals surface area contributed by atoms with E-state index in [2.05, 4.69) is 43.5 Å². The zero-order chi connectivity index (χ0) is 41.8. The Balaban J connectivity index is 3.56. The van der Waals surface area contributed by atoms with Gasteiger partial charge in [-0.3, -0.25) is 18.6 Å². The summed E-state index contributed by atoms with van der Waals surface area (Å²) in [4.78, 5) is 34.0. The van der Waals surface area contributed by atoms with Crippen LogP contribution in [-0.2, 0) is 27.9 Å². The number of hydrogen-bond acceptors (Lipinski definition) is 7. The first kappa shape index (κ1) is 55.5. The van der Waals surface area contributed by atoms with Crippen LogP contribution in [-0.4, -0.2) is 54.3 Å². The predicted octanol–water partition coefficient (Wildman–Crippen LogP) is 13.6. The van der Waals surface area contributed by atoms with Gasteiger partial charge in [-0.25, -0.2) is 4.57 Å². The molecule has 2 atom stereocenters. The first-order chi connectivity index (χ1) is 27.8. The Kier molecular flexibility index (Phi) is 42.9. The lowest BCUT2D eigenvalue weighted by molar-refractivity contribution is -0.147. The molecule has 9 nitrogen and oxygen atoms in total. The third-order valence-electron chi connectivity index (χ3n) is 10.4. The Hall–Kier alpha value is -1.51. The molecule has 0 aromatic rings. The number of esters is 1. The average molecular weight is 828 g/mol. The van der Waals surface area contributed by atoms with Crippen molar-refractivity contribution < 1.29 is 37.9 Å². The topological polar surface area (TPSA) is 131 Å². The summed E-state index contributed by atoms with van der Waals surface area (Å²) in [7, 11) is -4.42. The average Bonchev–Trinajstić information content (AvgIpc) is 3.20. The van der Waals surface area contributed by atoms with Crippen molar-refractivity contribution in [2.45, 2.75) is 238 Å². The minimum atomic E-state index is -4.42. The molecule has 0 radical (unpaired) electrons. The first-order valence-electron chi connectivity index (χ1n) is 23.8. The normalized spacial score (nSPS) is 13.4. The van der Waals surface area contributed by atoms with Crippen molar-refractivity contribution in [2.24, 2.45) is 0 Å². The maximum Gasteiger partial charge on any atom is 0.472 e.